The SMILES string of the molecule is O=C1[C@@H]2[C@@H](c3ccc(Cl)cc3Cl)OC3(C(=O)c4ccccc4C3=O)[C@H]2C(=O)N1c1cccc(C(F)(F)F)c1. The summed E-state index contributed by atoms with van der Waals surface area (Å²) in [4.78, 5) is 55.7. The van der Waals surface area contributed by atoms with Crippen molar-refractivity contribution in [2.75, 3.05) is 4.90 Å². The standard InChI is InChI=1S/C27H14Cl2F3NO5/c28-13-8-9-17(18(29)11-13)21-19-20(26(38-21)22(34)15-6-1-2-7-16(15)23(26)35)25(37)33(24(19)36)14-5-3-4-12(10-14)27(30,31)32/h1-11,19-21H/t19-,20+,21+/m0/s1. The van der Waals surface area contributed by atoms with Crippen LogP contribution < -0.4 is 4.90 Å². The van der Waals surface area contributed by atoms with Crippen molar-refractivity contribution in [3.63, 3.8) is 0 Å². The van der Waals surface area contributed by atoms with Gasteiger partial charge in [-0.05, 0) is 30.3 Å². The van der Waals surface area contributed by atoms with Gasteiger partial charge in [0.2, 0.25) is 29.0 Å². The zero-order valence-corrected chi connectivity index (χ0v) is 20.5. The van der Waals surface area contributed by atoms with Gasteiger partial charge < -0.3 is 4.74 Å². The number of carbonyl (C=O) groups excluding carboxylic acids is 4. The Hall–Kier alpha value is -3.53. The molecule has 2 aliphatic heterocycles. The highest BCUT2D eigenvalue weighted by Gasteiger charge is 2.75. The summed E-state index contributed by atoms with van der Waals surface area (Å²) in [5.41, 5.74) is -3.54. The fourth-order valence-corrected chi connectivity index (χ4v) is 6.12. The Morgan fingerprint density at radius 2 is 1.47 bits per heavy atom. The number of hydrogen-bond acceptors (Lipinski definition) is 5. The maximum Gasteiger partial charge on any atom is 0.416 e. The van der Waals surface area contributed by atoms with E-state index in [9.17, 15) is 32.3 Å². The van der Waals surface area contributed by atoms with E-state index in [2.05, 4.69) is 0 Å². The van der Waals surface area contributed by atoms with Gasteiger partial charge in [-0.15, -0.1) is 0 Å². The van der Waals surface area contributed by atoms with E-state index in [4.69, 9.17) is 27.9 Å². The molecule has 3 atom stereocenters. The minimum Gasteiger partial charge on any atom is -0.349 e. The third kappa shape index (κ3) is 3.25. The van der Waals surface area contributed by atoms with E-state index in [0.717, 1.165) is 12.1 Å². The molecule has 0 saturated carbocycles. The molecule has 6 nitrogen and oxygen atoms in total. The molecule has 2 amide bonds. The molecule has 38 heavy (non-hydrogen) atoms. The number of fused-ring (bicyclic) bond motifs is 3. The van der Waals surface area contributed by atoms with Crippen LogP contribution in [0.4, 0.5) is 18.9 Å². The van der Waals surface area contributed by atoms with Crippen LogP contribution in [0.2, 0.25) is 10.0 Å². The van der Waals surface area contributed by atoms with Gasteiger partial charge in [-0.2, -0.15) is 13.2 Å². The number of halogens is 5. The topological polar surface area (TPSA) is 80.8 Å². The van der Waals surface area contributed by atoms with Crippen LogP contribution in [0.3, 0.4) is 0 Å². The van der Waals surface area contributed by atoms with E-state index in [0.29, 0.717) is 11.0 Å². The number of anilines is 1. The molecule has 2 saturated heterocycles. The fourth-order valence-electron chi connectivity index (χ4n) is 5.61. The molecular formula is C27H14Cl2F3NO5. The van der Waals surface area contributed by atoms with Crippen molar-refractivity contribution < 1.29 is 37.1 Å². The number of nitrogens with zero attached hydrogens (tertiary/aromatic N) is 1. The van der Waals surface area contributed by atoms with Crippen LogP contribution in [-0.4, -0.2) is 29.0 Å². The molecule has 3 aromatic carbocycles. The first-order valence-electron chi connectivity index (χ1n) is 11.3. The summed E-state index contributed by atoms with van der Waals surface area (Å²) in [6.45, 7) is 0. The monoisotopic (exact) mass is 559 g/mol. The van der Waals surface area contributed by atoms with Gasteiger partial charge in [0.15, 0.2) is 0 Å². The predicted octanol–water partition coefficient (Wildman–Crippen LogP) is 5.71. The van der Waals surface area contributed by atoms with E-state index in [1.165, 1.54) is 36.4 Å². The molecule has 11 heteroatoms. The van der Waals surface area contributed by atoms with Gasteiger partial charge in [-0.1, -0.05) is 59.6 Å². The molecule has 3 aliphatic rings. The third-order valence-corrected chi connectivity index (χ3v) is 7.78. The molecule has 2 fully saturated rings. The Morgan fingerprint density at radius 3 is 2.08 bits per heavy atom. The number of ketones is 2. The number of imide groups is 1. The average molecular weight is 560 g/mol. The van der Waals surface area contributed by atoms with Gasteiger partial charge >= 0.3 is 6.18 Å². The number of benzene rings is 3. The molecule has 0 radical (unpaired) electrons. The number of amides is 2. The van der Waals surface area contributed by atoms with Crippen molar-refractivity contribution in [3.05, 3.63) is 99.0 Å². The van der Waals surface area contributed by atoms with E-state index < -0.39 is 58.7 Å². The lowest BCUT2D eigenvalue weighted by Crippen LogP contribution is -2.51. The maximum absolute atomic E-state index is 13.9. The zero-order chi connectivity index (χ0) is 27.1. The van der Waals surface area contributed by atoms with Crippen molar-refractivity contribution >= 4 is 52.3 Å². The summed E-state index contributed by atoms with van der Waals surface area (Å²) < 4.78 is 46.4. The number of ether oxygens (including phenoxy) is 1. The maximum atomic E-state index is 13.9. The summed E-state index contributed by atoms with van der Waals surface area (Å²) in [6.07, 6.45) is -6.07. The Morgan fingerprint density at radius 1 is 0.816 bits per heavy atom. The molecule has 2 heterocycles. The molecule has 192 valence electrons. The molecule has 3 aromatic rings. The molecular weight excluding hydrogens is 546 g/mol. The molecule has 0 bridgehead atoms. The van der Waals surface area contributed by atoms with Crippen molar-refractivity contribution in [2.45, 2.75) is 17.9 Å². The molecule has 1 spiro atoms. The Kier molecular flexibility index (Phi) is 5.37. The van der Waals surface area contributed by atoms with Crippen molar-refractivity contribution in [1.82, 2.24) is 0 Å². The second-order valence-electron chi connectivity index (χ2n) is 9.21. The highest BCUT2D eigenvalue weighted by atomic mass is 35.5. The van der Waals surface area contributed by atoms with Crippen LogP contribution in [0.5, 0.6) is 0 Å². The van der Waals surface area contributed by atoms with Crippen LogP contribution in [-0.2, 0) is 20.5 Å². The van der Waals surface area contributed by atoms with Crippen molar-refractivity contribution in [3.8, 4) is 0 Å². The van der Waals surface area contributed by atoms with Crippen LogP contribution in [0.15, 0.2) is 66.7 Å². The number of alkyl halides is 3. The highest BCUT2D eigenvalue weighted by Crippen LogP contribution is 2.58. The molecule has 0 unspecified atom stereocenters. The molecule has 6 rings (SSSR count). The van der Waals surface area contributed by atoms with Gasteiger partial charge in [0.1, 0.15) is 0 Å². The number of rotatable bonds is 2. The fraction of sp³-hybridized carbons (Fsp3) is 0.185. The summed E-state index contributed by atoms with van der Waals surface area (Å²) in [7, 11) is 0. The molecule has 0 N–H and O–H groups in total. The molecule has 1 aliphatic carbocycles. The summed E-state index contributed by atoms with van der Waals surface area (Å²) >= 11 is 12.4. The first-order chi connectivity index (χ1) is 18.0. The van der Waals surface area contributed by atoms with E-state index in [1.807, 2.05) is 0 Å². The summed E-state index contributed by atoms with van der Waals surface area (Å²) in [5, 5.41) is 0.328. The first kappa shape index (κ1) is 24.8. The number of carbonyl (C=O) groups is 4. The van der Waals surface area contributed by atoms with Gasteiger partial charge in [-0.3, -0.25) is 19.2 Å². The van der Waals surface area contributed by atoms with Crippen molar-refractivity contribution in [2.24, 2.45) is 11.8 Å². The third-order valence-electron chi connectivity index (χ3n) is 7.22. The van der Waals surface area contributed by atoms with Crippen molar-refractivity contribution in [1.29, 1.82) is 0 Å². The minimum atomic E-state index is -4.74. The predicted molar refractivity (Wildman–Crippen MR) is 129 cm³/mol. The van der Waals surface area contributed by atoms with Gasteiger partial charge in [0.25, 0.3) is 0 Å². The first-order valence-corrected chi connectivity index (χ1v) is 12.1. The van der Waals surface area contributed by atoms with Gasteiger partial charge in [-0.25, -0.2) is 4.90 Å². The van der Waals surface area contributed by atoms with Crippen LogP contribution >= 0.6 is 23.2 Å². The zero-order valence-electron chi connectivity index (χ0n) is 19.0. The quantitative estimate of drug-likeness (QED) is 0.297. The van der Waals surface area contributed by atoms with Crippen LogP contribution in [0.1, 0.15) is 37.9 Å². The lowest BCUT2D eigenvalue weighted by atomic mass is 9.77. The second kappa shape index (κ2) is 8.23. The van der Waals surface area contributed by atoms with Gasteiger partial charge in [0.05, 0.1) is 29.2 Å². The van der Waals surface area contributed by atoms with E-state index in [-0.39, 0.29) is 32.4 Å². The smallest absolute Gasteiger partial charge is 0.349 e. The normalized spacial score (nSPS) is 23.9. The Labute approximate surface area is 222 Å². The number of Topliss-reactive ketones (excluding diaryl/α,β-unsaturated/α-hetero) is 2. The van der Waals surface area contributed by atoms with Crippen LogP contribution in [0, 0.1) is 11.8 Å². The molecule has 0 aromatic heterocycles. The highest BCUT2D eigenvalue weighted by molar-refractivity contribution is 6.37. The second-order valence-corrected chi connectivity index (χ2v) is 10.1. The minimum absolute atomic E-state index is 0.0249. The van der Waals surface area contributed by atoms with Gasteiger partial charge in [0, 0.05) is 26.7 Å². The summed E-state index contributed by atoms with van der Waals surface area (Å²) in [5.74, 6) is -6.57. The van der Waals surface area contributed by atoms with Crippen LogP contribution in [0.25, 0.3) is 0 Å². The Bertz CT molecular complexity index is 1550. The van der Waals surface area contributed by atoms with E-state index >= 15 is 0 Å². The van der Waals surface area contributed by atoms with E-state index in [1.54, 1.807) is 12.1 Å². The lowest BCUT2D eigenvalue weighted by Gasteiger charge is -2.27. The average Bonchev–Trinajstić information content (AvgIpc) is 3.43. The summed E-state index contributed by atoms with van der Waals surface area (Å²) in [6, 6.07) is 13.9. The number of hydrogen-bond donors (Lipinski definition) is 0. The Balaban J connectivity index is 1.54. The lowest BCUT2D eigenvalue weighted by molar-refractivity contribution is -0.137. The largest absolute Gasteiger partial charge is 0.416 e.